The summed E-state index contributed by atoms with van der Waals surface area (Å²) >= 11 is 0. The second-order valence-corrected chi connectivity index (χ2v) is 14.7. The topological polar surface area (TPSA) is 80.3 Å². The highest BCUT2D eigenvalue weighted by atomic mass is 32.2. The lowest BCUT2D eigenvalue weighted by molar-refractivity contribution is -0.255. The first-order valence-electron chi connectivity index (χ1n) is 15.8. The van der Waals surface area contributed by atoms with Gasteiger partial charge in [0.2, 0.25) is 0 Å². The molecule has 7 aromatic rings. The van der Waals surface area contributed by atoms with Crippen LogP contribution < -0.4 is 10.2 Å². The Morgan fingerprint density at radius 2 is 0.500 bits per heavy atom. The van der Waals surface area contributed by atoms with Crippen LogP contribution in [0.3, 0.4) is 0 Å². The molecule has 0 radical (unpaired) electrons. The molecule has 0 saturated carbocycles. The number of aromatic carboxylic acids is 2. The van der Waals surface area contributed by atoms with Crippen LogP contribution in [0.2, 0.25) is 0 Å². The van der Waals surface area contributed by atoms with Gasteiger partial charge in [0.15, 0.2) is 29.4 Å². The van der Waals surface area contributed by atoms with Gasteiger partial charge >= 0.3 is 0 Å². The molecule has 50 heavy (non-hydrogen) atoms. The summed E-state index contributed by atoms with van der Waals surface area (Å²) in [5.74, 6) is -2.81. The highest BCUT2D eigenvalue weighted by molar-refractivity contribution is 7.97. The third-order valence-electron chi connectivity index (χ3n) is 7.21. The van der Waals surface area contributed by atoms with Crippen molar-refractivity contribution in [2.75, 3.05) is 0 Å². The van der Waals surface area contributed by atoms with Crippen molar-refractivity contribution in [2.24, 2.45) is 0 Å². The van der Waals surface area contributed by atoms with E-state index in [0.29, 0.717) is 0 Å². The zero-order valence-corrected chi connectivity index (χ0v) is 28.7. The number of carboxylic acid groups (broad SMARTS) is 2. The van der Waals surface area contributed by atoms with E-state index in [9.17, 15) is 19.8 Å². The Morgan fingerprint density at radius 3 is 0.680 bits per heavy atom. The van der Waals surface area contributed by atoms with Gasteiger partial charge in [0.05, 0.1) is 33.7 Å². The molecule has 7 aromatic carbocycles. The lowest BCUT2D eigenvalue weighted by Crippen LogP contribution is -2.25. The second-order valence-electron chi connectivity index (χ2n) is 10.6. The normalized spacial score (nSPS) is 10.3. The molecule has 0 atom stereocenters. The summed E-state index contributed by atoms with van der Waals surface area (Å²) < 4.78 is 0. The Labute approximate surface area is 299 Å². The lowest BCUT2D eigenvalue weighted by atomic mass is 10.1. The zero-order chi connectivity index (χ0) is 35.0. The first-order chi connectivity index (χ1) is 24.5. The van der Waals surface area contributed by atoms with Gasteiger partial charge in [-0.2, -0.15) is 0 Å². The standard InChI is InChI=1S/2C18H15S.C8H6O4/c2*1-4-10-16(11-5-1)19(17-12-6-2-7-13-17)18-14-8-3-9-15-18;9-7(10)5-2-1-3-6(4-5)8(11)12/h2*1-15H;1-4H,(H,9,10)(H,11,12)/q2*+1;/p-2. The summed E-state index contributed by atoms with van der Waals surface area (Å²) in [5.41, 5.74) is -0.339. The van der Waals surface area contributed by atoms with Crippen molar-refractivity contribution in [2.45, 2.75) is 29.4 Å². The van der Waals surface area contributed by atoms with Crippen LogP contribution in [0.1, 0.15) is 20.7 Å². The molecule has 4 nitrogen and oxygen atoms in total. The van der Waals surface area contributed by atoms with Crippen molar-refractivity contribution in [3.05, 3.63) is 217 Å². The molecule has 6 heteroatoms. The Hall–Kier alpha value is -5.82. The quantitative estimate of drug-likeness (QED) is 0.152. The molecule has 0 bridgehead atoms. The summed E-state index contributed by atoms with van der Waals surface area (Å²) in [7, 11) is -0.0293. The van der Waals surface area contributed by atoms with E-state index in [1.54, 1.807) is 0 Å². The lowest BCUT2D eigenvalue weighted by Gasteiger charge is -2.07. The molecule has 0 aromatic heterocycles. The van der Waals surface area contributed by atoms with Gasteiger partial charge in [-0.3, -0.25) is 0 Å². The largest absolute Gasteiger partial charge is 0.545 e. The van der Waals surface area contributed by atoms with Gasteiger partial charge in [-0.15, -0.1) is 0 Å². The Morgan fingerprint density at radius 1 is 0.300 bits per heavy atom. The smallest absolute Gasteiger partial charge is 0.166 e. The molecule has 0 aliphatic rings. The molecule has 0 unspecified atom stereocenters. The summed E-state index contributed by atoms with van der Waals surface area (Å²) in [6.07, 6.45) is 0. The fourth-order valence-corrected chi connectivity index (χ4v) is 9.14. The minimum atomic E-state index is -1.40. The molecule has 7 rings (SSSR count). The molecule has 0 N–H and O–H groups in total. The first kappa shape index (κ1) is 35.5. The molecular weight excluding hydrogens is 657 g/mol. The van der Waals surface area contributed by atoms with Gasteiger partial charge in [-0.05, 0) is 90.0 Å². The second kappa shape index (κ2) is 18.7. The van der Waals surface area contributed by atoms with Gasteiger partial charge in [0.1, 0.15) is 0 Å². The van der Waals surface area contributed by atoms with E-state index in [2.05, 4.69) is 182 Å². The Balaban J connectivity index is 0.000000150. The predicted molar refractivity (Wildman–Crippen MR) is 198 cm³/mol. The molecule has 0 saturated heterocycles. The summed E-state index contributed by atoms with van der Waals surface area (Å²) in [6.45, 7) is 0. The minimum absolute atomic E-state index is 0.0146. The average molecular weight is 691 g/mol. The number of carboxylic acids is 2. The molecule has 0 heterocycles. The van der Waals surface area contributed by atoms with Crippen molar-refractivity contribution in [1.29, 1.82) is 0 Å². The number of carbonyl (C=O) groups is 2. The van der Waals surface area contributed by atoms with Crippen LogP contribution in [0.5, 0.6) is 0 Å². The van der Waals surface area contributed by atoms with Gasteiger partial charge in [0.25, 0.3) is 0 Å². The molecule has 0 aliphatic carbocycles. The van der Waals surface area contributed by atoms with E-state index < -0.39 is 11.9 Å². The molecule has 246 valence electrons. The highest BCUT2D eigenvalue weighted by Crippen LogP contribution is 2.31. The molecule has 0 amide bonds. The van der Waals surface area contributed by atoms with Crippen LogP contribution in [0, 0.1) is 0 Å². The number of hydrogen-bond acceptors (Lipinski definition) is 4. The first-order valence-corrected chi connectivity index (χ1v) is 18.3. The van der Waals surface area contributed by atoms with E-state index >= 15 is 0 Å². The van der Waals surface area contributed by atoms with Crippen LogP contribution >= 0.6 is 0 Å². The van der Waals surface area contributed by atoms with E-state index in [1.165, 1.54) is 47.6 Å². The van der Waals surface area contributed by atoms with Crippen molar-refractivity contribution in [1.82, 2.24) is 0 Å². The number of carbonyl (C=O) groups excluding carboxylic acids is 2. The monoisotopic (exact) mass is 690 g/mol. The maximum atomic E-state index is 10.3. The fraction of sp³-hybridized carbons (Fsp3) is 0. The third-order valence-corrected chi connectivity index (χ3v) is 11.7. The summed E-state index contributed by atoms with van der Waals surface area (Å²) in [6, 6.07) is 69.1. The maximum Gasteiger partial charge on any atom is 0.166 e. The predicted octanol–water partition coefficient (Wildman–Crippen LogP) is 7.98. The number of rotatable bonds is 8. The number of hydrogen-bond donors (Lipinski definition) is 0. The number of benzene rings is 7. The van der Waals surface area contributed by atoms with Gasteiger partial charge in [-0.1, -0.05) is 127 Å². The van der Waals surface area contributed by atoms with Gasteiger partial charge in [-0.25, -0.2) is 0 Å². The molecule has 0 aliphatic heterocycles. The van der Waals surface area contributed by atoms with Crippen LogP contribution in [-0.4, -0.2) is 11.9 Å². The van der Waals surface area contributed by atoms with Gasteiger partial charge in [0, 0.05) is 0 Å². The summed E-state index contributed by atoms with van der Waals surface area (Å²) in [5, 5.41) is 20.5. The third kappa shape index (κ3) is 10.1. The Bertz CT molecular complexity index is 1710. The van der Waals surface area contributed by atoms with Crippen molar-refractivity contribution >= 4 is 33.7 Å². The van der Waals surface area contributed by atoms with E-state index in [1.807, 2.05) is 0 Å². The van der Waals surface area contributed by atoms with Gasteiger partial charge < -0.3 is 19.8 Å². The van der Waals surface area contributed by atoms with Crippen molar-refractivity contribution in [3.63, 3.8) is 0 Å². The summed E-state index contributed by atoms with van der Waals surface area (Å²) in [4.78, 5) is 28.7. The molecule has 0 spiro atoms. The minimum Gasteiger partial charge on any atom is -0.545 e. The van der Waals surface area contributed by atoms with Crippen LogP contribution in [0.4, 0.5) is 0 Å². The highest BCUT2D eigenvalue weighted by Gasteiger charge is 2.28. The molecule has 0 fully saturated rings. The Kier molecular flexibility index (Phi) is 13.2. The van der Waals surface area contributed by atoms with Crippen LogP contribution in [0.15, 0.2) is 236 Å². The van der Waals surface area contributed by atoms with Crippen molar-refractivity contribution < 1.29 is 19.8 Å². The average Bonchev–Trinajstić information content (AvgIpc) is 3.18. The van der Waals surface area contributed by atoms with E-state index in [0.717, 1.165) is 6.07 Å². The molecular formula is C44H34O4S2. The van der Waals surface area contributed by atoms with Crippen molar-refractivity contribution in [3.8, 4) is 0 Å². The maximum absolute atomic E-state index is 10.3. The zero-order valence-electron chi connectivity index (χ0n) is 27.1. The van der Waals surface area contributed by atoms with Crippen LogP contribution in [0.25, 0.3) is 0 Å². The van der Waals surface area contributed by atoms with E-state index in [4.69, 9.17) is 0 Å². The van der Waals surface area contributed by atoms with E-state index in [-0.39, 0.29) is 32.9 Å². The fourth-order valence-electron chi connectivity index (χ4n) is 4.93. The SMILES string of the molecule is O=C([O-])c1cccc(C(=O)[O-])c1.c1ccc([S+](c2ccccc2)c2ccccc2)cc1.c1ccc([S+](c2ccccc2)c2ccccc2)cc1. The van der Waals surface area contributed by atoms with Crippen LogP contribution in [-0.2, 0) is 21.8 Å².